The zero-order valence-electron chi connectivity index (χ0n) is 7.78. The van der Waals surface area contributed by atoms with Crippen LogP contribution in [0, 0.1) is 0 Å². The van der Waals surface area contributed by atoms with Crippen molar-refractivity contribution in [2.75, 3.05) is 14.1 Å². The Hall–Kier alpha value is -1.35. The van der Waals surface area contributed by atoms with Crippen LogP contribution in [0.15, 0.2) is 24.3 Å². The summed E-state index contributed by atoms with van der Waals surface area (Å²) in [5, 5.41) is 0. The lowest BCUT2D eigenvalue weighted by atomic mass is 10.1. The third-order valence-electron chi connectivity index (χ3n) is 2.24. The van der Waals surface area contributed by atoms with Crippen LogP contribution in [0.25, 0.3) is 0 Å². The first-order chi connectivity index (χ1) is 6.09. The van der Waals surface area contributed by atoms with Crippen LogP contribution in [0.1, 0.15) is 5.56 Å². The number of carbonyl (C=O) groups is 1. The molecule has 0 fully saturated rings. The molecule has 0 aliphatic carbocycles. The summed E-state index contributed by atoms with van der Waals surface area (Å²) in [6.45, 7) is 0. The molecule has 0 radical (unpaired) electrons. The number of para-hydroxylation sites is 1. The van der Waals surface area contributed by atoms with Crippen LogP contribution < -0.4 is 4.84 Å². The van der Waals surface area contributed by atoms with Gasteiger partial charge in [-0.2, -0.15) is 0 Å². The first-order valence-corrected chi connectivity index (χ1v) is 4.24. The standard InChI is InChI=1S/C10H12NO2/c1-11(2)10(12)7-8-5-3-4-6-9(8)13-11/h3-6H,7H2,1-2H3/q+1. The van der Waals surface area contributed by atoms with E-state index in [1.165, 1.54) is 0 Å². The zero-order chi connectivity index (χ0) is 9.47. The highest BCUT2D eigenvalue weighted by atomic mass is 16.7. The molecule has 0 saturated heterocycles. The number of amides is 1. The van der Waals surface area contributed by atoms with E-state index in [9.17, 15) is 4.79 Å². The van der Waals surface area contributed by atoms with Crippen molar-refractivity contribution in [3.8, 4) is 5.75 Å². The lowest BCUT2D eigenvalue weighted by molar-refractivity contribution is -0.984. The normalized spacial score (nSPS) is 19.1. The summed E-state index contributed by atoms with van der Waals surface area (Å²) in [5.74, 6) is 0.894. The number of hydrogen-bond donors (Lipinski definition) is 0. The predicted molar refractivity (Wildman–Crippen MR) is 47.9 cm³/mol. The van der Waals surface area contributed by atoms with Gasteiger partial charge in [0.25, 0.3) is 0 Å². The fourth-order valence-corrected chi connectivity index (χ4v) is 1.39. The molecule has 0 unspecified atom stereocenters. The summed E-state index contributed by atoms with van der Waals surface area (Å²) in [4.78, 5) is 17.0. The second-order valence-corrected chi connectivity index (χ2v) is 3.62. The molecule has 1 aromatic carbocycles. The van der Waals surface area contributed by atoms with Crippen molar-refractivity contribution >= 4 is 5.91 Å². The van der Waals surface area contributed by atoms with Gasteiger partial charge >= 0.3 is 5.91 Å². The van der Waals surface area contributed by atoms with Crippen LogP contribution in [0.5, 0.6) is 5.75 Å². The first kappa shape index (κ1) is 8.26. The number of rotatable bonds is 0. The molecule has 3 heteroatoms. The predicted octanol–water partition coefficient (Wildman–Crippen LogP) is 1.14. The van der Waals surface area contributed by atoms with Crippen molar-refractivity contribution < 1.29 is 14.3 Å². The molecule has 0 saturated carbocycles. The second kappa shape index (κ2) is 2.57. The number of likely N-dealkylation sites (N-methyl/N-ethyl adjacent to an activating group) is 1. The molecule has 68 valence electrons. The van der Waals surface area contributed by atoms with Crippen molar-refractivity contribution in [3.05, 3.63) is 29.8 Å². The Kier molecular flexibility index (Phi) is 1.63. The lowest BCUT2D eigenvalue weighted by Crippen LogP contribution is -2.51. The number of nitrogens with zero attached hydrogens (tertiary/aromatic N) is 1. The summed E-state index contributed by atoms with van der Waals surface area (Å²) in [7, 11) is 3.50. The molecule has 1 amide bonds. The van der Waals surface area contributed by atoms with Gasteiger partial charge in [0, 0.05) is 5.56 Å². The van der Waals surface area contributed by atoms with Crippen molar-refractivity contribution in [2.24, 2.45) is 0 Å². The van der Waals surface area contributed by atoms with Crippen LogP contribution in [0.2, 0.25) is 0 Å². The van der Waals surface area contributed by atoms with Crippen molar-refractivity contribution in [1.82, 2.24) is 0 Å². The molecular weight excluding hydrogens is 166 g/mol. The molecule has 1 aliphatic heterocycles. The maximum Gasteiger partial charge on any atom is 0.358 e. The Balaban J connectivity index is 2.44. The smallest absolute Gasteiger partial charge is 0.308 e. The highest BCUT2D eigenvalue weighted by Gasteiger charge is 2.35. The van der Waals surface area contributed by atoms with Gasteiger partial charge in [-0.1, -0.05) is 22.8 Å². The van der Waals surface area contributed by atoms with Gasteiger partial charge in [-0.25, -0.2) is 4.79 Å². The summed E-state index contributed by atoms with van der Waals surface area (Å²) in [6, 6.07) is 7.64. The Morgan fingerprint density at radius 2 is 2.00 bits per heavy atom. The van der Waals surface area contributed by atoms with Gasteiger partial charge < -0.3 is 4.84 Å². The highest BCUT2D eigenvalue weighted by molar-refractivity contribution is 5.73. The largest absolute Gasteiger partial charge is 0.358 e. The fourth-order valence-electron chi connectivity index (χ4n) is 1.39. The monoisotopic (exact) mass is 178 g/mol. The maximum atomic E-state index is 11.5. The van der Waals surface area contributed by atoms with E-state index in [2.05, 4.69) is 0 Å². The molecule has 1 aromatic rings. The first-order valence-electron chi connectivity index (χ1n) is 4.24. The average Bonchev–Trinajstić information content (AvgIpc) is 2.06. The maximum absolute atomic E-state index is 11.5. The topological polar surface area (TPSA) is 26.3 Å². The van der Waals surface area contributed by atoms with Crippen LogP contribution in [-0.4, -0.2) is 24.6 Å². The molecule has 3 nitrogen and oxygen atoms in total. The van der Waals surface area contributed by atoms with Crippen LogP contribution in [-0.2, 0) is 11.2 Å². The zero-order valence-corrected chi connectivity index (χ0v) is 7.78. The molecule has 0 aromatic heterocycles. The molecule has 13 heavy (non-hydrogen) atoms. The number of quaternary nitrogens is 1. The number of hydrogen-bond acceptors (Lipinski definition) is 2. The van der Waals surface area contributed by atoms with Crippen LogP contribution >= 0.6 is 0 Å². The lowest BCUT2D eigenvalue weighted by Gasteiger charge is -2.29. The van der Waals surface area contributed by atoms with E-state index in [4.69, 9.17) is 4.84 Å². The van der Waals surface area contributed by atoms with Gasteiger partial charge in [0.05, 0.1) is 6.42 Å². The molecule has 0 atom stereocenters. The number of carbonyl (C=O) groups excluding carboxylic acids is 1. The van der Waals surface area contributed by atoms with Crippen molar-refractivity contribution in [2.45, 2.75) is 6.42 Å². The number of hydroxylamine groups is 3. The molecular formula is C10H12NO2+. The minimum atomic E-state index is -0.0169. The highest BCUT2D eigenvalue weighted by Crippen LogP contribution is 2.26. The van der Waals surface area contributed by atoms with E-state index in [0.29, 0.717) is 6.42 Å². The van der Waals surface area contributed by atoms with Gasteiger partial charge in [0.2, 0.25) is 0 Å². The van der Waals surface area contributed by atoms with Gasteiger partial charge in [0.15, 0.2) is 5.75 Å². The summed E-state index contributed by atoms with van der Waals surface area (Å²) in [5.41, 5.74) is 0.977. The Labute approximate surface area is 77.1 Å². The van der Waals surface area contributed by atoms with E-state index in [-0.39, 0.29) is 10.6 Å². The number of benzene rings is 1. The third-order valence-corrected chi connectivity index (χ3v) is 2.24. The molecule has 1 heterocycles. The minimum absolute atomic E-state index is 0.0169. The van der Waals surface area contributed by atoms with Crippen molar-refractivity contribution in [3.63, 3.8) is 0 Å². The van der Waals surface area contributed by atoms with E-state index in [1.54, 1.807) is 14.1 Å². The number of fused-ring (bicyclic) bond motifs is 1. The summed E-state index contributed by atoms with van der Waals surface area (Å²) >= 11 is 0. The van der Waals surface area contributed by atoms with E-state index < -0.39 is 0 Å². The Morgan fingerprint density at radius 1 is 1.31 bits per heavy atom. The van der Waals surface area contributed by atoms with Gasteiger partial charge in [-0.3, -0.25) is 0 Å². The van der Waals surface area contributed by atoms with Crippen molar-refractivity contribution in [1.29, 1.82) is 0 Å². The second-order valence-electron chi connectivity index (χ2n) is 3.62. The van der Waals surface area contributed by atoms with E-state index in [1.807, 2.05) is 24.3 Å². The fraction of sp³-hybridized carbons (Fsp3) is 0.300. The van der Waals surface area contributed by atoms with Gasteiger partial charge in [-0.15, -0.1) is 0 Å². The molecule has 0 N–H and O–H groups in total. The quantitative estimate of drug-likeness (QED) is 0.557. The summed E-state index contributed by atoms with van der Waals surface area (Å²) in [6.07, 6.45) is 0.461. The minimum Gasteiger partial charge on any atom is -0.308 e. The van der Waals surface area contributed by atoms with Gasteiger partial charge in [0.1, 0.15) is 14.1 Å². The molecule has 0 bridgehead atoms. The van der Waals surface area contributed by atoms with E-state index in [0.717, 1.165) is 11.3 Å². The Bertz CT molecular complexity index is 358. The van der Waals surface area contributed by atoms with Crippen LogP contribution in [0.3, 0.4) is 0 Å². The molecule has 2 rings (SSSR count). The third kappa shape index (κ3) is 1.31. The summed E-state index contributed by atoms with van der Waals surface area (Å²) < 4.78 is -0.0169. The SMILES string of the molecule is C[N+]1(C)Oc2ccccc2CC1=O. The Morgan fingerprint density at radius 3 is 2.77 bits per heavy atom. The molecule has 0 spiro atoms. The molecule has 1 aliphatic rings. The van der Waals surface area contributed by atoms with Crippen LogP contribution in [0.4, 0.5) is 0 Å². The van der Waals surface area contributed by atoms with E-state index >= 15 is 0 Å². The van der Waals surface area contributed by atoms with Gasteiger partial charge in [-0.05, 0) is 6.07 Å². The average molecular weight is 178 g/mol.